The third-order valence-electron chi connectivity index (χ3n) is 3.47. The third kappa shape index (κ3) is 3.80. The minimum absolute atomic E-state index is 0.656. The molecule has 1 heterocycles. The van der Waals surface area contributed by atoms with Gasteiger partial charge in [-0.05, 0) is 23.8 Å². The van der Waals surface area contributed by atoms with E-state index in [0.29, 0.717) is 6.54 Å². The Kier molecular flexibility index (Phi) is 4.74. The highest BCUT2D eigenvalue weighted by Crippen LogP contribution is 2.07. The lowest BCUT2D eigenvalue weighted by Gasteiger charge is -2.01. The molecule has 2 aromatic carbocycles. The summed E-state index contributed by atoms with van der Waals surface area (Å²) in [5.41, 5.74) is 3.91. The lowest BCUT2D eigenvalue weighted by molar-refractivity contribution is 0.795. The number of nitrogens with zero attached hydrogens (tertiary/aromatic N) is 4. The number of aromatic nitrogens is 3. The highest BCUT2D eigenvalue weighted by Gasteiger charge is 2.03. The summed E-state index contributed by atoms with van der Waals surface area (Å²) in [6.45, 7) is 4.50. The largest absolute Gasteiger partial charge is 0.284 e. The van der Waals surface area contributed by atoms with Crippen molar-refractivity contribution in [2.24, 2.45) is 4.99 Å². The number of rotatable bonds is 6. The fourth-order valence-corrected chi connectivity index (χ4v) is 2.29. The standard InChI is InChI=1S/C19H18N4/c1-2-19(16-9-5-3-6-10-16)20-14-13-17-15-23(22-21-17)18-11-7-4-8-12-18/h2-12,15H,1,13-14H2. The zero-order chi connectivity index (χ0) is 15.9. The zero-order valence-electron chi connectivity index (χ0n) is 12.8. The van der Waals surface area contributed by atoms with Crippen LogP contribution in [0.15, 0.2) is 84.5 Å². The molecule has 0 aliphatic heterocycles. The molecule has 1 aromatic heterocycles. The van der Waals surface area contributed by atoms with Crippen molar-refractivity contribution in [1.82, 2.24) is 15.0 Å². The van der Waals surface area contributed by atoms with E-state index in [1.54, 1.807) is 10.8 Å². The molecular formula is C19H18N4. The number of hydrogen-bond acceptors (Lipinski definition) is 3. The van der Waals surface area contributed by atoms with Gasteiger partial charge in [-0.3, -0.25) is 4.99 Å². The van der Waals surface area contributed by atoms with Crippen LogP contribution in [0.5, 0.6) is 0 Å². The van der Waals surface area contributed by atoms with E-state index in [9.17, 15) is 0 Å². The normalized spacial score (nSPS) is 11.4. The smallest absolute Gasteiger partial charge is 0.0850 e. The van der Waals surface area contributed by atoms with Crippen LogP contribution in [0.4, 0.5) is 0 Å². The van der Waals surface area contributed by atoms with Crippen molar-refractivity contribution < 1.29 is 0 Å². The van der Waals surface area contributed by atoms with Gasteiger partial charge >= 0.3 is 0 Å². The van der Waals surface area contributed by atoms with Gasteiger partial charge in [0.15, 0.2) is 0 Å². The minimum atomic E-state index is 0.656. The van der Waals surface area contributed by atoms with Gasteiger partial charge in [-0.25, -0.2) is 4.68 Å². The highest BCUT2D eigenvalue weighted by atomic mass is 15.4. The summed E-state index contributed by atoms with van der Waals surface area (Å²) in [6, 6.07) is 20.0. The van der Waals surface area contributed by atoms with Gasteiger partial charge in [0.2, 0.25) is 0 Å². The molecular weight excluding hydrogens is 284 g/mol. The first kappa shape index (κ1) is 14.9. The number of allylic oxidation sites excluding steroid dienone is 1. The van der Waals surface area contributed by atoms with Crippen LogP contribution in [-0.4, -0.2) is 27.3 Å². The van der Waals surface area contributed by atoms with Crippen LogP contribution < -0.4 is 0 Å². The van der Waals surface area contributed by atoms with Crippen molar-refractivity contribution in [2.45, 2.75) is 6.42 Å². The maximum absolute atomic E-state index is 4.61. The Bertz CT molecular complexity index is 789. The van der Waals surface area contributed by atoms with Crippen molar-refractivity contribution in [2.75, 3.05) is 6.54 Å². The SMILES string of the molecule is C=CC(=NCCc1cn(-c2ccccc2)nn1)c1ccccc1. The van der Waals surface area contributed by atoms with Crippen molar-refractivity contribution in [3.63, 3.8) is 0 Å². The number of aliphatic imine (C=N–C) groups is 1. The van der Waals surface area contributed by atoms with Crippen LogP contribution in [0.1, 0.15) is 11.3 Å². The van der Waals surface area contributed by atoms with E-state index in [1.165, 1.54) is 0 Å². The molecule has 3 rings (SSSR count). The first-order valence-electron chi connectivity index (χ1n) is 7.56. The minimum Gasteiger partial charge on any atom is -0.284 e. The van der Waals surface area contributed by atoms with E-state index < -0.39 is 0 Å². The average molecular weight is 302 g/mol. The van der Waals surface area contributed by atoms with Crippen molar-refractivity contribution in [1.29, 1.82) is 0 Å². The molecule has 0 atom stereocenters. The summed E-state index contributed by atoms with van der Waals surface area (Å²) in [5.74, 6) is 0. The summed E-state index contributed by atoms with van der Waals surface area (Å²) in [4.78, 5) is 4.61. The van der Waals surface area contributed by atoms with Crippen LogP contribution in [0.25, 0.3) is 5.69 Å². The summed E-state index contributed by atoms with van der Waals surface area (Å²) in [7, 11) is 0. The quantitative estimate of drug-likeness (QED) is 0.654. The first-order valence-corrected chi connectivity index (χ1v) is 7.56. The molecule has 114 valence electrons. The molecule has 4 nitrogen and oxygen atoms in total. The summed E-state index contributed by atoms with van der Waals surface area (Å²) in [5, 5.41) is 8.37. The van der Waals surface area contributed by atoms with E-state index in [1.807, 2.05) is 66.9 Å². The van der Waals surface area contributed by atoms with Gasteiger partial charge < -0.3 is 0 Å². The Morgan fingerprint density at radius 1 is 1.04 bits per heavy atom. The van der Waals surface area contributed by atoms with Crippen LogP contribution in [0, 0.1) is 0 Å². The van der Waals surface area contributed by atoms with E-state index in [-0.39, 0.29) is 0 Å². The van der Waals surface area contributed by atoms with Crippen molar-refractivity contribution in [3.05, 3.63) is 90.8 Å². The van der Waals surface area contributed by atoms with Crippen LogP contribution in [0.3, 0.4) is 0 Å². The molecule has 0 bridgehead atoms. The van der Waals surface area contributed by atoms with Gasteiger partial charge in [0.25, 0.3) is 0 Å². The van der Waals surface area contributed by atoms with E-state index in [4.69, 9.17) is 0 Å². The van der Waals surface area contributed by atoms with Crippen LogP contribution in [-0.2, 0) is 6.42 Å². The zero-order valence-corrected chi connectivity index (χ0v) is 12.8. The molecule has 0 fully saturated rings. The Labute approximate surface area is 135 Å². The molecule has 4 heteroatoms. The maximum atomic E-state index is 4.61. The lowest BCUT2D eigenvalue weighted by Crippen LogP contribution is -1.99. The third-order valence-corrected chi connectivity index (χ3v) is 3.47. The molecule has 0 unspecified atom stereocenters. The molecule has 0 saturated carbocycles. The van der Waals surface area contributed by atoms with Gasteiger partial charge in [0.1, 0.15) is 0 Å². The monoisotopic (exact) mass is 302 g/mol. The van der Waals surface area contributed by atoms with Gasteiger partial charge in [-0.15, -0.1) is 5.10 Å². The van der Waals surface area contributed by atoms with Crippen LogP contribution in [0.2, 0.25) is 0 Å². The fourth-order valence-electron chi connectivity index (χ4n) is 2.29. The molecule has 0 radical (unpaired) electrons. The van der Waals surface area contributed by atoms with Crippen LogP contribution >= 0.6 is 0 Å². The van der Waals surface area contributed by atoms with Gasteiger partial charge in [0.05, 0.1) is 23.3 Å². The Hall–Kier alpha value is -3.01. The predicted molar refractivity (Wildman–Crippen MR) is 93.1 cm³/mol. The number of benzene rings is 2. The Morgan fingerprint density at radius 2 is 1.74 bits per heavy atom. The fraction of sp³-hybridized carbons (Fsp3) is 0.105. The first-order chi connectivity index (χ1) is 11.4. The number of para-hydroxylation sites is 1. The molecule has 0 aliphatic rings. The topological polar surface area (TPSA) is 43.1 Å². The Morgan fingerprint density at radius 3 is 2.43 bits per heavy atom. The average Bonchev–Trinajstić information content (AvgIpc) is 3.09. The Balaban J connectivity index is 1.66. The van der Waals surface area contributed by atoms with E-state index in [2.05, 4.69) is 21.9 Å². The second-order valence-corrected chi connectivity index (χ2v) is 5.08. The second-order valence-electron chi connectivity index (χ2n) is 5.08. The van der Waals surface area contributed by atoms with Gasteiger partial charge in [0, 0.05) is 13.0 Å². The molecule has 0 spiro atoms. The van der Waals surface area contributed by atoms with E-state index in [0.717, 1.165) is 29.1 Å². The molecule has 23 heavy (non-hydrogen) atoms. The van der Waals surface area contributed by atoms with Gasteiger partial charge in [-0.2, -0.15) is 0 Å². The summed E-state index contributed by atoms with van der Waals surface area (Å²) < 4.78 is 1.78. The molecule has 0 amide bonds. The number of hydrogen-bond donors (Lipinski definition) is 0. The molecule has 0 saturated heterocycles. The molecule has 0 aliphatic carbocycles. The maximum Gasteiger partial charge on any atom is 0.0850 e. The van der Waals surface area contributed by atoms with Gasteiger partial charge in [-0.1, -0.05) is 60.3 Å². The van der Waals surface area contributed by atoms with E-state index >= 15 is 0 Å². The lowest BCUT2D eigenvalue weighted by atomic mass is 10.1. The molecule has 3 aromatic rings. The summed E-state index contributed by atoms with van der Waals surface area (Å²) in [6.07, 6.45) is 4.48. The second kappa shape index (κ2) is 7.31. The summed E-state index contributed by atoms with van der Waals surface area (Å²) >= 11 is 0. The predicted octanol–water partition coefficient (Wildman–Crippen LogP) is 3.49. The highest BCUT2D eigenvalue weighted by molar-refractivity contribution is 6.08. The van der Waals surface area contributed by atoms with Crippen molar-refractivity contribution in [3.8, 4) is 5.69 Å². The molecule has 0 N–H and O–H groups in total. The van der Waals surface area contributed by atoms with Crippen molar-refractivity contribution >= 4 is 5.71 Å².